The minimum absolute atomic E-state index is 0.0429. The molecule has 1 aliphatic heterocycles. The first-order valence-electron chi connectivity index (χ1n) is 13.6. The van der Waals surface area contributed by atoms with Crippen LogP contribution in [0.1, 0.15) is 87.7 Å². The van der Waals surface area contributed by atoms with E-state index in [-0.39, 0.29) is 23.3 Å². The standard InChI is InChI=1S/C30H42N4O3/c1-19-15-16-31-20(2)26(19)27(28(36)33-22-9-7-6-8-10-22)34(29(37)25-17-24(35)18-32-25)23-13-11-21(12-14-23)30(3,4)5/h11-16,22,24-25,27,32,35H,6-10,17-18H2,1-5H3,(H,33,36). The SMILES string of the molecule is Cc1ccnc(C)c1C(C(=O)NC1CCCCC1)N(C(=O)C1CC(O)CN1)c1ccc(C(C)(C)C)cc1. The quantitative estimate of drug-likeness (QED) is 0.545. The Hall–Kier alpha value is -2.77. The lowest BCUT2D eigenvalue weighted by molar-refractivity contribution is -0.128. The molecule has 3 unspecified atom stereocenters. The second-order valence-electron chi connectivity index (χ2n) is 11.7. The summed E-state index contributed by atoms with van der Waals surface area (Å²) in [7, 11) is 0. The van der Waals surface area contributed by atoms with Crippen LogP contribution in [-0.4, -0.2) is 46.6 Å². The molecule has 7 heteroatoms. The van der Waals surface area contributed by atoms with Crippen molar-refractivity contribution in [1.29, 1.82) is 0 Å². The number of nitrogens with zero attached hydrogens (tertiary/aromatic N) is 2. The lowest BCUT2D eigenvalue weighted by Gasteiger charge is -2.36. The number of aliphatic hydroxyl groups excluding tert-OH is 1. The molecule has 1 saturated heterocycles. The maximum atomic E-state index is 14.2. The molecule has 2 aliphatic rings. The number of β-amino-alcohol motifs (C(OH)–C–C–N with tert-alkyl or cyclic N) is 1. The van der Waals surface area contributed by atoms with Crippen molar-refractivity contribution >= 4 is 17.5 Å². The molecule has 0 spiro atoms. The third-order valence-electron chi connectivity index (χ3n) is 7.79. The smallest absolute Gasteiger partial charge is 0.248 e. The number of nitrogens with one attached hydrogen (secondary N) is 2. The molecule has 0 bridgehead atoms. The molecule has 4 rings (SSSR count). The normalized spacial score (nSPS) is 21.5. The number of aliphatic hydroxyl groups is 1. The fourth-order valence-corrected chi connectivity index (χ4v) is 5.62. The minimum atomic E-state index is -0.872. The Morgan fingerprint density at radius 3 is 2.32 bits per heavy atom. The molecule has 200 valence electrons. The molecule has 2 aromatic rings. The zero-order chi connectivity index (χ0) is 26.7. The van der Waals surface area contributed by atoms with Gasteiger partial charge in [0.1, 0.15) is 6.04 Å². The third-order valence-corrected chi connectivity index (χ3v) is 7.79. The number of anilines is 1. The molecule has 2 amide bonds. The predicted octanol–water partition coefficient (Wildman–Crippen LogP) is 4.24. The van der Waals surface area contributed by atoms with Gasteiger partial charge in [-0.05, 0) is 67.9 Å². The Kier molecular flexibility index (Phi) is 8.34. The van der Waals surface area contributed by atoms with Crippen LogP contribution in [0, 0.1) is 13.8 Å². The van der Waals surface area contributed by atoms with Crippen molar-refractivity contribution in [1.82, 2.24) is 15.6 Å². The van der Waals surface area contributed by atoms with Gasteiger partial charge in [-0.15, -0.1) is 0 Å². The van der Waals surface area contributed by atoms with Crippen LogP contribution in [0.3, 0.4) is 0 Å². The molecule has 1 saturated carbocycles. The van der Waals surface area contributed by atoms with Gasteiger partial charge in [-0.25, -0.2) is 0 Å². The lowest BCUT2D eigenvalue weighted by Crippen LogP contribution is -2.52. The summed E-state index contributed by atoms with van der Waals surface area (Å²) in [5, 5.41) is 16.6. The highest BCUT2D eigenvalue weighted by molar-refractivity contribution is 6.04. The monoisotopic (exact) mass is 506 g/mol. The first-order chi connectivity index (χ1) is 17.6. The van der Waals surface area contributed by atoms with Crippen LogP contribution in [-0.2, 0) is 15.0 Å². The molecule has 1 aliphatic carbocycles. The van der Waals surface area contributed by atoms with Gasteiger partial charge in [-0.3, -0.25) is 19.5 Å². The molecular formula is C30H42N4O3. The van der Waals surface area contributed by atoms with E-state index in [4.69, 9.17) is 0 Å². The summed E-state index contributed by atoms with van der Waals surface area (Å²) in [5.41, 5.74) is 4.16. The fraction of sp³-hybridized carbons (Fsp3) is 0.567. The minimum Gasteiger partial charge on any atom is -0.392 e. The van der Waals surface area contributed by atoms with Crippen molar-refractivity contribution in [2.75, 3.05) is 11.4 Å². The number of carbonyl (C=O) groups excluding carboxylic acids is 2. The molecule has 3 atom stereocenters. The number of hydrogen-bond donors (Lipinski definition) is 3. The molecule has 2 heterocycles. The van der Waals surface area contributed by atoms with Gasteiger partial charge < -0.3 is 15.7 Å². The van der Waals surface area contributed by atoms with Gasteiger partial charge in [0.05, 0.1) is 12.1 Å². The van der Waals surface area contributed by atoms with Crippen LogP contribution in [0.25, 0.3) is 0 Å². The first kappa shape index (κ1) is 27.3. The summed E-state index contributed by atoms with van der Waals surface area (Å²) < 4.78 is 0. The van der Waals surface area contributed by atoms with Crippen molar-refractivity contribution in [2.24, 2.45) is 0 Å². The van der Waals surface area contributed by atoms with Crippen LogP contribution in [0.4, 0.5) is 5.69 Å². The van der Waals surface area contributed by atoms with Gasteiger partial charge in [-0.2, -0.15) is 0 Å². The maximum Gasteiger partial charge on any atom is 0.248 e. The Labute approximate surface area is 221 Å². The van der Waals surface area contributed by atoms with Crippen LogP contribution in [0.5, 0.6) is 0 Å². The third kappa shape index (κ3) is 6.21. The van der Waals surface area contributed by atoms with Gasteiger partial charge in [0.25, 0.3) is 0 Å². The number of aromatic nitrogens is 1. The molecule has 3 N–H and O–H groups in total. The van der Waals surface area contributed by atoms with E-state index in [9.17, 15) is 14.7 Å². The topological polar surface area (TPSA) is 94.6 Å². The van der Waals surface area contributed by atoms with E-state index < -0.39 is 18.2 Å². The summed E-state index contributed by atoms with van der Waals surface area (Å²) in [6.07, 6.45) is 6.76. The number of rotatable bonds is 6. The number of pyridine rings is 1. The molecular weight excluding hydrogens is 464 g/mol. The Bertz CT molecular complexity index is 1080. The summed E-state index contributed by atoms with van der Waals surface area (Å²) in [4.78, 5) is 34.4. The molecule has 7 nitrogen and oxygen atoms in total. The average molecular weight is 507 g/mol. The lowest BCUT2D eigenvalue weighted by atomic mass is 9.87. The van der Waals surface area contributed by atoms with Crippen LogP contribution in [0.2, 0.25) is 0 Å². The highest BCUT2D eigenvalue weighted by atomic mass is 16.3. The zero-order valence-corrected chi connectivity index (χ0v) is 22.9. The molecule has 37 heavy (non-hydrogen) atoms. The van der Waals surface area contributed by atoms with Gasteiger partial charge >= 0.3 is 0 Å². The Balaban J connectivity index is 1.82. The second kappa shape index (κ2) is 11.3. The average Bonchev–Trinajstić information content (AvgIpc) is 3.29. The Morgan fingerprint density at radius 2 is 1.76 bits per heavy atom. The van der Waals surface area contributed by atoms with Gasteiger partial charge in [-0.1, -0.05) is 52.2 Å². The van der Waals surface area contributed by atoms with Gasteiger partial charge in [0, 0.05) is 35.7 Å². The first-order valence-corrected chi connectivity index (χ1v) is 13.6. The van der Waals surface area contributed by atoms with Crippen LogP contribution < -0.4 is 15.5 Å². The molecule has 1 aromatic heterocycles. The molecule has 2 fully saturated rings. The van der Waals surface area contributed by atoms with Crippen LogP contribution in [0.15, 0.2) is 36.5 Å². The van der Waals surface area contributed by atoms with E-state index in [2.05, 4.69) is 36.4 Å². The number of carbonyl (C=O) groups is 2. The highest BCUT2D eigenvalue weighted by Gasteiger charge is 2.40. The van der Waals surface area contributed by atoms with E-state index >= 15 is 0 Å². The number of aryl methyl sites for hydroxylation is 2. The van der Waals surface area contributed by atoms with E-state index in [0.717, 1.165) is 48.1 Å². The van der Waals surface area contributed by atoms with Gasteiger partial charge in [0.2, 0.25) is 11.8 Å². The number of hydrogen-bond acceptors (Lipinski definition) is 5. The second-order valence-corrected chi connectivity index (χ2v) is 11.7. The van der Waals surface area contributed by atoms with E-state index in [1.54, 1.807) is 11.1 Å². The molecule has 0 radical (unpaired) electrons. The summed E-state index contributed by atoms with van der Waals surface area (Å²) >= 11 is 0. The van der Waals surface area contributed by atoms with E-state index in [1.807, 2.05) is 44.2 Å². The van der Waals surface area contributed by atoms with Gasteiger partial charge in [0.15, 0.2) is 0 Å². The zero-order valence-electron chi connectivity index (χ0n) is 22.9. The largest absolute Gasteiger partial charge is 0.392 e. The Morgan fingerprint density at radius 1 is 1.08 bits per heavy atom. The maximum absolute atomic E-state index is 14.2. The van der Waals surface area contributed by atoms with Crippen molar-refractivity contribution in [2.45, 2.75) is 103 Å². The van der Waals surface area contributed by atoms with Crippen molar-refractivity contribution < 1.29 is 14.7 Å². The van der Waals surface area contributed by atoms with Crippen molar-refractivity contribution in [3.8, 4) is 0 Å². The number of amides is 2. The predicted molar refractivity (Wildman–Crippen MR) is 147 cm³/mol. The summed E-state index contributed by atoms with van der Waals surface area (Å²) in [6, 6.07) is 8.50. The van der Waals surface area contributed by atoms with E-state index in [1.165, 1.54) is 6.42 Å². The number of benzene rings is 1. The summed E-state index contributed by atoms with van der Waals surface area (Å²) in [5.74, 6) is -0.399. The van der Waals surface area contributed by atoms with Crippen molar-refractivity contribution in [3.05, 3.63) is 58.9 Å². The molecule has 1 aromatic carbocycles. The highest BCUT2D eigenvalue weighted by Crippen LogP contribution is 2.34. The summed E-state index contributed by atoms with van der Waals surface area (Å²) in [6.45, 7) is 10.7. The van der Waals surface area contributed by atoms with Crippen LogP contribution >= 0.6 is 0 Å². The van der Waals surface area contributed by atoms with Crippen molar-refractivity contribution in [3.63, 3.8) is 0 Å². The fourth-order valence-electron chi connectivity index (χ4n) is 5.62. The van der Waals surface area contributed by atoms with E-state index in [0.29, 0.717) is 18.7 Å².